The zero-order valence-corrected chi connectivity index (χ0v) is 12.2. The highest BCUT2D eigenvalue weighted by atomic mass is 35.5. The second kappa shape index (κ2) is 8.15. The second-order valence-electron chi connectivity index (χ2n) is 4.69. The third kappa shape index (κ3) is 6.05. The number of primary amides is 1. The van der Waals surface area contributed by atoms with Crippen LogP contribution in [0.2, 0.25) is 5.02 Å². The lowest BCUT2D eigenvalue weighted by atomic mass is 10.1. The topological polar surface area (TPSA) is 64.3 Å². The fourth-order valence-corrected chi connectivity index (χ4v) is 1.80. The molecule has 0 fully saturated rings. The molecular formula is C14H21ClN2O2. The van der Waals surface area contributed by atoms with Crippen LogP contribution < -0.4 is 11.1 Å². The van der Waals surface area contributed by atoms with Crippen LogP contribution >= 0.6 is 11.6 Å². The van der Waals surface area contributed by atoms with Crippen molar-refractivity contribution in [3.8, 4) is 0 Å². The molecule has 0 saturated carbocycles. The summed E-state index contributed by atoms with van der Waals surface area (Å²) >= 11 is 6.05. The number of carbonyl (C=O) groups excluding carboxylic acids is 1. The first-order valence-corrected chi connectivity index (χ1v) is 6.78. The lowest BCUT2D eigenvalue weighted by molar-refractivity contribution is 0.0999. The number of nitrogens with one attached hydrogen (secondary N) is 1. The van der Waals surface area contributed by atoms with Gasteiger partial charge < -0.3 is 15.8 Å². The predicted octanol–water partition coefficient (Wildman–Crippen LogP) is 2.34. The van der Waals surface area contributed by atoms with Gasteiger partial charge in [-0.3, -0.25) is 4.79 Å². The normalized spacial score (nSPS) is 10.9. The minimum atomic E-state index is -0.478. The first kappa shape index (κ1) is 16.0. The van der Waals surface area contributed by atoms with Gasteiger partial charge in [-0.2, -0.15) is 0 Å². The van der Waals surface area contributed by atoms with E-state index in [0.29, 0.717) is 29.8 Å². The molecule has 3 N–H and O–H groups in total. The highest BCUT2D eigenvalue weighted by Crippen LogP contribution is 2.18. The van der Waals surface area contributed by atoms with E-state index < -0.39 is 5.91 Å². The maximum atomic E-state index is 11.0. The molecule has 0 saturated heterocycles. The predicted molar refractivity (Wildman–Crippen MR) is 77.4 cm³/mol. The Morgan fingerprint density at radius 1 is 1.47 bits per heavy atom. The number of rotatable bonds is 8. The summed E-state index contributed by atoms with van der Waals surface area (Å²) in [5.41, 5.74) is 6.45. The number of hydrogen-bond donors (Lipinski definition) is 2. The van der Waals surface area contributed by atoms with Crippen LogP contribution in [0.25, 0.3) is 0 Å². The highest BCUT2D eigenvalue weighted by Gasteiger charge is 2.05. The van der Waals surface area contributed by atoms with Gasteiger partial charge in [0.25, 0.3) is 0 Å². The molecule has 1 aromatic carbocycles. The number of carbonyl (C=O) groups is 1. The summed E-state index contributed by atoms with van der Waals surface area (Å²) in [4.78, 5) is 11.0. The van der Waals surface area contributed by atoms with Crippen molar-refractivity contribution in [1.82, 2.24) is 5.32 Å². The molecule has 1 rings (SSSR count). The van der Waals surface area contributed by atoms with Crippen molar-refractivity contribution in [2.24, 2.45) is 5.73 Å². The Balaban J connectivity index is 2.32. The summed E-state index contributed by atoms with van der Waals surface area (Å²) < 4.78 is 5.54. The van der Waals surface area contributed by atoms with Crippen LogP contribution in [-0.2, 0) is 11.3 Å². The van der Waals surface area contributed by atoms with Crippen molar-refractivity contribution in [2.75, 3.05) is 13.2 Å². The molecule has 0 radical (unpaired) electrons. The molecule has 0 atom stereocenters. The van der Waals surface area contributed by atoms with Crippen LogP contribution in [0.1, 0.15) is 36.2 Å². The van der Waals surface area contributed by atoms with Crippen LogP contribution in [0.4, 0.5) is 0 Å². The molecule has 106 valence electrons. The van der Waals surface area contributed by atoms with Crippen molar-refractivity contribution in [3.05, 3.63) is 34.3 Å². The summed E-state index contributed by atoms with van der Waals surface area (Å²) in [7, 11) is 0. The summed E-state index contributed by atoms with van der Waals surface area (Å²) in [6.07, 6.45) is 0.954. The molecule has 0 aliphatic carbocycles. The van der Waals surface area contributed by atoms with Gasteiger partial charge in [-0.1, -0.05) is 31.5 Å². The fourth-order valence-electron chi connectivity index (χ4n) is 1.56. The van der Waals surface area contributed by atoms with Crippen LogP contribution in [0, 0.1) is 0 Å². The van der Waals surface area contributed by atoms with Gasteiger partial charge >= 0.3 is 0 Å². The maximum absolute atomic E-state index is 11.0. The molecule has 4 nitrogen and oxygen atoms in total. The van der Waals surface area contributed by atoms with E-state index in [9.17, 15) is 4.79 Å². The minimum Gasteiger partial charge on any atom is -0.377 e. The number of benzene rings is 1. The first-order chi connectivity index (χ1) is 9.00. The van der Waals surface area contributed by atoms with E-state index in [2.05, 4.69) is 19.2 Å². The maximum Gasteiger partial charge on any atom is 0.248 e. The number of ether oxygens (including phenoxy) is 1. The van der Waals surface area contributed by atoms with Gasteiger partial charge in [0.1, 0.15) is 0 Å². The Labute approximate surface area is 119 Å². The van der Waals surface area contributed by atoms with Crippen molar-refractivity contribution < 1.29 is 9.53 Å². The van der Waals surface area contributed by atoms with E-state index >= 15 is 0 Å². The first-order valence-electron chi connectivity index (χ1n) is 6.40. The average Bonchev–Trinajstić information content (AvgIpc) is 2.34. The van der Waals surface area contributed by atoms with E-state index in [-0.39, 0.29) is 0 Å². The Hall–Kier alpha value is -1.10. The van der Waals surface area contributed by atoms with E-state index in [0.717, 1.165) is 18.5 Å². The highest BCUT2D eigenvalue weighted by molar-refractivity contribution is 6.31. The molecule has 1 aromatic rings. The molecule has 0 unspecified atom stereocenters. The number of nitrogens with two attached hydrogens (primary N) is 1. The summed E-state index contributed by atoms with van der Waals surface area (Å²) in [6.45, 7) is 6.28. The second-order valence-corrected chi connectivity index (χ2v) is 5.09. The Kier molecular flexibility index (Phi) is 6.84. The van der Waals surface area contributed by atoms with Crippen LogP contribution in [-0.4, -0.2) is 25.1 Å². The van der Waals surface area contributed by atoms with Crippen LogP contribution in [0.3, 0.4) is 0 Å². The van der Waals surface area contributed by atoms with E-state index in [1.807, 2.05) is 0 Å². The van der Waals surface area contributed by atoms with E-state index in [1.165, 1.54) is 0 Å². The Morgan fingerprint density at radius 2 is 2.21 bits per heavy atom. The van der Waals surface area contributed by atoms with Crippen molar-refractivity contribution >= 4 is 17.5 Å². The summed E-state index contributed by atoms with van der Waals surface area (Å²) in [6, 6.07) is 5.50. The molecule has 0 heterocycles. The van der Waals surface area contributed by atoms with Gasteiger partial charge in [0.15, 0.2) is 0 Å². The molecule has 5 heteroatoms. The average molecular weight is 285 g/mol. The number of amides is 1. The lowest BCUT2D eigenvalue weighted by Crippen LogP contribution is -2.24. The van der Waals surface area contributed by atoms with E-state index in [1.54, 1.807) is 18.2 Å². The molecule has 0 spiro atoms. The summed E-state index contributed by atoms with van der Waals surface area (Å²) in [5.74, 6) is -0.478. The lowest BCUT2D eigenvalue weighted by Gasteiger charge is -2.09. The third-order valence-corrected chi connectivity index (χ3v) is 2.97. The van der Waals surface area contributed by atoms with Crippen LogP contribution in [0.5, 0.6) is 0 Å². The van der Waals surface area contributed by atoms with Crippen LogP contribution in [0.15, 0.2) is 18.2 Å². The van der Waals surface area contributed by atoms with Gasteiger partial charge in [0.2, 0.25) is 5.91 Å². The zero-order chi connectivity index (χ0) is 14.3. The van der Waals surface area contributed by atoms with Gasteiger partial charge in [-0.05, 0) is 30.7 Å². The number of halogens is 1. The SMILES string of the molecule is CC(C)NCCCOCc1ccc(C(N)=O)cc1Cl. The van der Waals surface area contributed by atoms with Gasteiger partial charge in [0.05, 0.1) is 6.61 Å². The summed E-state index contributed by atoms with van der Waals surface area (Å²) in [5, 5.41) is 3.83. The zero-order valence-electron chi connectivity index (χ0n) is 11.4. The molecule has 0 aromatic heterocycles. The quantitative estimate of drug-likeness (QED) is 0.720. The van der Waals surface area contributed by atoms with Gasteiger partial charge in [0, 0.05) is 23.2 Å². The fraction of sp³-hybridized carbons (Fsp3) is 0.500. The smallest absolute Gasteiger partial charge is 0.248 e. The van der Waals surface area contributed by atoms with E-state index in [4.69, 9.17) is 22.1 Å². The van der Waals surface area contributed by atoms with Gasteiger partial charge in [-0.15, -0.1) is 0 Å². The largest absolute Gasteiger partial charge is 0.377 e. The minimum absolute atomic E-state index is 0.412. The van der Waals surface area contributed by atoms with Crippen molar-refractivity contribution in [1.29, 1.82) is 0 Å². The third-order valence-electron chi connectivity index (χ3n) is 2.61. The molecular weight excluding hydrogens is 264 g/mol. The molecule has 19 heavy (non-hydrogen) atoms. The Morgan fingerprint density at radius 3 is 2.79 bits per heavy atom. The molecule has 0 aliphatic heterocycles. The van der Waals surface area contributed by atoms with Gasteiger partial charge in [-0.25, -0.2) is 0 Å². The monoisotopic (exact) mass is 284 g/mol. The van der Waals surface area contributed by atoms with Crippen molar-refractivity contribution in [2.45, 2.75) is 32.9 Å². The molecule has 0 aliphatic rings. The Bertz CT molecular complexity index is 422. The molecule has 1 amide bonds. The number of hydrogen-bond acceptors (Lipinski definition) is 3. The molecule has 0 bridgehead atoms. The van der Waals surface area contributed by atoms with Crippen molar-refractivity contribution in [3.63, 3.8) is 0 Å². The standard InChI is InChI=1S/C14H21ClN2O2/c1-10(2)17-6-3-7-19-9-12-5-4-11(14(16)18)8-13(12)15/h4-5,8,10,17H,3,6-7,9H2,1-2H3,(H2,16,18).